The Hall–Kier alpha value is -3.46. The van der Waals surface area contributed by atoms with Crippen molar-refractivity contribution >= 4 is 33.2 Å². The number of ether oxygens (including phenoxy) is 1. The van der Waals surface area contributed by atoms with Crippen molar-refractivity contribution in [2.75, 3.05) is 20.2 Å². The number of methoxy groups -OCH3 is 1. The van der Waals surface area contributed by atoms with Gasteiger partial charge in [0.2, 0.25) is 0 Å². The Balaban J connectivity index is 1.36. The van der Waals surface area contributed by atoms with Crippen molar-refractivity contribution in [2.45, 2.75) is 42.4 Å². The van der Waals surface area contributed by atoms with E-state index in [0.29, 0.717) is 41.1 Å². The molecule has 3 aromatic rings. The molecular formula is C27H28F3N3O6S2. The van der Waals surface area contributed by atoms with Crippen molar-refractivity contribution in [3.63, 3.8) is 0 Å². The summed E-state index contributed by atoms with van der Waals surface area (Å²) in [6, 6.07) is 12.5. The third kappa shape index (κ3) is 7.44. The second kappa shape index (κ2) is 12.6. The minimum absolute atomic E-state index is 0.0617. The average Bonchev–Trinajstić information content (AvgIpc) is 3.41. The minimum Gasteiger partial charge on any atom is -0.497 e. The molecule has 41 heavy (non-hydrogen) atoms. The molecule has 14 heteroatoms. The van der Waals surface area contributed by atoms with Crippen LogP contribution in [0.4, 0.5) is 13.2 Å². The zero-order chi connectivity index (χ0) is 29.8. The molecule has 220 valence electrons. The van der Waals surface area contributed by atoms with Crippen molar-refractivity contribution in [1.29, 1.82) is 0 Å². The Labute approximate surface area is 239 Å². The predicted molar refractivity (Wildman–Crippen MR) is 146 cm³/mol. The Morgan fingerprint density at radius 3 is 2.37 bits per heavy atom. The summed E-state index contributed by atoms with van der Waals surface area (Å²) in [5, 5.41) is 15.6. The summed E-state index contributed by atoms with van der Waals surface area (Å²) in [6.45, 7) is 0.554. The van der Waals surface area contributed by atoms with Gasteiger partial charge >= 0.3 is 12.1 Å². The molecule has 2 heterocycles. The van der Waals surface area contributed by atoms with Crippen LogP contribution >= 0.6 is 11.3 Å². The van der Waals surface area contributed by atoms with Crippen LogP contribution in [-0.4, -0.2) is 55.9 Å². The molecule has 1 aliphatic heterocycles. The molecule has 0 unspecified atom stereocenters. The third-order valence-electron chi connectivity index (χ3n) is 6.64. The topological polar surface area (TPSA) is 125 Å². The fraction of sp³-hybridized carbons (Fsp3) is 0.333. The molecule has 3 N–H and O–H groups in total. The van der Waals surface area contributed by atoms with Crippen LogP contribution in [-0.2, 0) is 29.3 Å². The number of carboxylic acid groups (broad SMARTS) is 1. The summed E-state index contributed by atoms with van der Waals surface area (Å²) < 4.78 is 71.2. The van der Waals surface area contributed by atoms with Crippen molar-refractivity contribution < 1.29 is 41.0 Å². The lowest BCUT2D eigenvalue weighted by Gasteiger charge is -2.31. The highest BCUT2D eigenvalue weighted by molar-refractivity contribution is 7.91. The summed E-state index contributed by atoms with van der Waals surface area (Å²) >= 11 is 0.799. The van der Waals surface area contributed by atoms with Gasteiger partial charge in [0.1, 0.15) is 9.96 Å². The van der Waals surface area contributed by atoms with E-state index < -0.39 is 33.6 Å². The molecule has 0 atom stereocenters. The molecular weight excluding hydrogens is 583 g/mol. The Morgan fingerprint density at radius 1 is 1.07 bits per heavy atom. The Bertz CT molecular complexity index is 1500. The van der Waals surface area contributed by atoms with E-state index >= 15 is 0 Å². The molecule has 0 bridgehead atoms. The standard InChI is InChI=1S/C27H28F3N3O6S2/c1-39-21-4-2-3-18(13-21)24(34)32-16-22-14-23(25(35)36)26(40-22)41(37,38)33-11-9-20(10-12-33)31-15-17-5-7-19(8-6-17)27(28,29)30/h2-8,13-14,20,31H,9-12,15-16H2,1H3,(H,32,34)(H,35,36). The number of alkyl halides is 3. The molecule has 4 rings (SSSR count). The van der Waals surface area contributed by atoms with Crippen LogP contribution in [0.3, 0.4) is 0 Å². The highest BCUT2D eigenvalue weighted by atomic mass is 32.2. The summed E-state index contributed by atoms with van der Waals surface area (Å²) in [5.74, 6) is -1.32. The maximum Gasteiger partial charge on any atom is 0.416 e. The van der Waals surface area contributed by atoms with Gasteiger partial charge in [0, 0.05) is 36.1 Å². The molecule has 0 radical (unpaired) electrons. The van der Waals surface area contributed by atoms with Gasteiger partial charge in [0.05, 0.1) is 24.8 Å². The van der Waals surface area contributed by atoms with Crippen LogP contribution in [0.15, 0.2) is 58.8 Å². The van der Waals surface area contributed by atoms with Crippen molar-refractivity contribution in [3.8, 4) is 5.75 Å². The van der Waals surface area contributed by atoms with E-state index in [1.54, 1.807) is 24.3 Å². The van der Waals surface area contributed by atoms with Crippen LogP contribution in [0.1, 0.15) is 49.6 Å². The van der Waals surface area contributed by atoms with E-state index in [1.165, 1.54) is 29.6 Å². The fourth-order valence-electron chi connectivity index (χ4n) is 4.38. The summed E-state index contributed by atoms with van der Waals surface area (Å²) in [6.07, 6.45) is -3.52. The first-order valence-corrected chi connectivity index (χ1v) is 14.8. The number of carbonyl (C=O) groups excluding carboxylic acids is 1. The molecule has 0 spiro atoms. The van der Waals surface area contributed by atoms with E-state index in [4.69, 9.17) is 4.74 Å². The molecule has 1 saturated heterocycles. The fourth-order valence-corrected chi connectivity index (χ4v) is 7.60. The number of carbonyl (C=O) groups is 2. The maximum atomic E-state index is 13.4. The number of sulfonamides is 1. The largest absolute Gasteiger partial charge is 0.497 e. The lowest BCUT2D eigenvalue weighted by Crippen LogP contribution is -2.44. The Morgan fingerprint density at radius 2 is 1.76 bits per heavy atom. The number of carboxylic acids is 1. The number of benzene rings is 2. The lowest BCUT2D eigenvalue weighted by atomic mass is 10.1. The molecule has 0 aliphatic carbocycles. The van der Waals surface area contributed by atoms with Crippen LogP contribution in [0, 0.1) is 0 Å². The summed E-state index contributed by atoms with van der Waals surface area (Å²) in [7, 11) is -2.65. The lowest BCUT2D eigenvalue weighted by molar-refractivity contribution is -0.137. The van der Waals surface area contributed by atoms with Crippen molar-refractivity contribution in [1.82, 2.24) is 14.9 Å². The van der Waals surface area contributed by atoms with Gasteiger partial charge in [0.15, 0.2) is 0 Å². The van der Waals surface area contributed by atoms with E-state index in [-0.39, 0.29) is 35.4 Å². The average molecular weight is 612 g/mol. The van der Waals surface area contributed by atoms with E-state index in [9.17, 15) is 36.3 Å². The van der Waals surface area contributed by atoms with Crippen LogP contribution in [0.5, 0.6) is 5.75 Å². The van der Waals surface area contributed by atoms with Gasteiger partial charge < -0.3 is 20.5 Å². The second-order valence-corrected chi connectivity index (χ2v) is 12.7. The number of amides is 1. The first-order valence-electron chi connectivity index (χ1n) is 12.6. The number of hydrogen-bond acceptors (Lipinski definition) is 7. The smallest absolute Gasteiger partial charge is 0.416 e. The quantitative estimate of drug-likeness (QED) is 0.311. The second-order valence-electron chi connectivity index (χ2n) is 9.39. The van der Waals surface area contributed by atoms with Gasteiger partial charge in [-0.2, -0.15) is 17.5 Å². The number of rotatable bonds is 10. The molecule has 1 fully saturated rings. The zero-order valence-corrected chi connectivity index (χ0v) is 23.5. The Kier molecular flexibility index (Phi) is 9.37. The van der Waals surface area contributed by atoms with Gasteiger partial charge in [-0.25, -0.2) is 13.2 Å². The molecule has 0 saturated carbocycles. The van der Waals surface area contributed by atoms with Gasteiger partial charge in [-0.3, -0.25) is 4.79 Å². The van der Waals surface area contributed by atoms with E-state index in [2.05, 4.69) is 10.6 Å². The van der Waals surface area contributed by atoms with E-state index in [1.807, 2.05) is 0 Å². The number of halogens is 3. The molecule has 1 aliphatic rings. The minimum atomic E-state index is -4.40. The van der Waals surface area contributed by atoms with Gasteiger partial charge in [-0.1, -0.05) is 18.2 Å². The SMILES string of the molecule is COc1cccc(C(=O)NCc2cc(C(=O)O)c(S(=O)(=O)N3CCC(NCc4ccc(C(F)(F)F)cc4)CC3)s2)c1. The van der Waals surface area contributed by atoms with Crippen LogP contribution in [0.2, 0.25) is 0 Å². The third-order valence-corrected chi connectivity index (χ3v) is 10.2. The van der Waals surface area contributed by atoms with Gasteiger partial charge in [-0.15, -0.1) is 11.3 Å². The monoisotopic (exact) mass is 611 g/mol. The molecule has 2 aromatic carbocycles. The van der Waals surface area contributed by atoms with Crippen LogP contribution < -0.4 is 15.4 Å². The number of nitrogens with one attached hydrogen (secondary N) is 2. The first-order chi connectivity index (χ1) is 19.4. The maximum absolute atomic E-state index is 13.4. The van der Waals surface area contributed by atoms with Gasteiger partial charge in [-0.05, 0) is 54.8 Å². The first kappa shape index (κ1) is 30.5. The number of piperidine rings is 1. The number of nitrogens with zero attached hydrogens (tertiary/aromatic N) is 1. The number of hydrogen-bond donors (Lipinski definition) is 3. The highest BCUT2D eigenvalue weighted by Gasteiger charge is 2.34. The normalized spacial score (nSPS) is 15.0. The molecule has 1 aromatic heterocycles. The summed E-state index contributed by atoms with van der Waals surface area (Å²) in [5.41, 5.74) is -0.0783. The summed E-state index contributed by atoms with van der Waals surface area (Å²) in [4.78, 5) is 24.8. The van der Waals surface area contributed by atoms with E-state index in [0.717, 1.165) is 23.5 Å². The molecule has 9 nitrogen and oxygen atoms in total. The van der Waals surface area contributed by atoms with Gasteiger partial charge in [0.25, 0.3) is 15.9 Å². The number of thiophene rings is 1. The predicted octanol–water partition coefficient (Wildman–Crippen LogP) is 4.35. The van der Waals surface area contributed by atoms with Crippen LogP contribution in [0.25, 0.3) is 0 Å². The zero-order valence-electron chi connectivity index (χ0n) is 21.9. The molecule has 1 amide bonds. The highest BCUT2D eigenvalue weighted by Crippen LogP contribution is 2.32. The number of aromatic carboxylic acids is 1. The van der Waals surface area contributed by atoms with Crippen molar-refractivity contribution in [3.05, 3.63) is 81.7 Å². The van der Waals surface area contributed by atoms with Crippen molar-refractivity contribution in [2.24, 2.45) is 0 Å².